The Morgan fingerprint density at radius 2 is 1.30 bits per heavy atom. The molecule has 0 bridgehead atoms. The third-order valence-electron chi connectivity index (χ3n) is 5.73. The number of aliphatic hydroxyl groups excluding tert-OH is 1. The molecule has 1 unspecified atom stereocenters. The van der Waals surface area contributed by atoms with Gasteiger partial charge in [-0.3, -0.25) is 0 Å². The number of carbonyl (C=O) groups excluding carboxylic acids is 1. The van der Waals surface area contributed by atoms with E-state index in [1.54, 1.807) is 38.1 Å². The van der Waals surface area contributed by atoms with Crippen molar-refractivity contribution in [2.75, 3.05) is 6.61 Å². The van der Waals surface area contributed by atoms with Crippen LogP contribution in [0.2, 0.25) is 0 Å². The largest absolute Gasteiger partial charge is 0.491 e. The summed E-state index contributed by atoms with van der Waals surface area (Å²) < 4.78 is 68.3. The minimum absolute atomic E-state index is 0.00172. The molecule has 0 aliphatic heterocycles. The predicted molar refractivity (Wildman–Crippen MR) is 130 cm³/mol. The molecule has 4 rings (SSSR count). The van der Waals surface area contributed by atoms with Gasteiger partial charge in [0.25, 0.3) is 0 Å². The lowest BCUT2D eigenvalue weighted by molar-refractivity contribution is 0.0728. The van der Waals surface area contributed by atoms with Crippen LogP contribution in [-0.2, 0) is 0 Å². The highest BCUT2D eigenvalue weighted by Crippen LogP contribution is 2.33. The summed E-state index contributed by atoms with van der Waals surface area (Å²) in [6.07, 6.45) is -0.679. The summed E-state index contributed by atoms with van der Waals surface area (Å²) in [5, 5.41) is 9.63. The van der Waals surface area contributed by atoms with Crippen molar-refractivity contribution in [3.8, 4) is 33.8 Å². The molecule has 0 radical (unpaired) electrons. The van der Waals surface area contributed by atoms with Gasteiger partial charge in [0.2, 0.25) is 5.82 Å². The first-order valence-corrected chi connectivity index (χ1v) is 11.4. The maximum absolute atomic E-state index is 15.0. The van der Waals surface area contributed by atoms with Crippen molar-refractivity contribution in [2.45, 2.75) is 20.0 Å². The van der Waals surface area contributed by atoms with Crippen LogP contribution in [0.15, 0.2) is 72.8 Å². The van der Waals surface area contributed by atoms with Crippen LogP contribution in [0, 0.1) is 23.3 Å². The molecule has 4 aromatic rings. The molecule has 0 aliphatic rings. The lowest BCUT2D eigenvalue weighted by atomic mass is 9.97. The first-order chi connectivity index (χ1) is 17.7. The fourth-order valence-electron chi connectivity index (χ4n) is 3.76. The first kappa shape index (κ1) is 25.9. The fraction of sp³-hybridized carbons (Fsp3) is 0.138. The van der Waals surface area contributed by atoms with Gasteiger partial charge in [-0.15, -0.1) is 0 Å². The van der Waals surface area contributed by atoms with Gasteiger partial charge in [-0.05, 0) is 54.8 Å². The molecule has 190 valence electrons. The van der Waals surface area contributed by atoms with E-state index < -0.39 is 40.9 Å². The Balaban J connectivity index is 1.53. The average Bonchev–Trinajstić information content (AvgIpc) is 2.89. The van der Waals surface area contributed by atoms with Gasteiger partial charge >= 0.3 is 5.97 Å². The van der Waals surface area contributed by atoms with Crippen molar-refractivity contribution < 1.29 is 36.9 Å². The van der Waals surface area contributed by atoms with Crippen molar-refractivity contribution in [3.05, 3.63) is 107 Å². The molecule has 0 spiro atoms. The zero-order valence-corrected chi connectivity index (χ0v) is 19.9. The second-order valence-corrected chi connectivity index (χ2v) is 8.17. The molecule has 0 aromatic heterocycles. The highest BCUT2D eigenvalue weighted by atomic mass is 19.2. The molecule has 4 aromatic carbocycles. The minimum atomic E-state index is -1.40. The monoisotopic (exact) mass is 510 g/mol. The van der Waals surface area contributed by atoms with Gasteiger partial charge in [-0.25, -0.2) is 18.0 Å². The zero-order chi connectivity index (χ0) is 26.7. The van der Waals surface area contributed by atoms with Crippen LogP contribution in [0.3, 0.4) is 0 Å². The van der Waals surface area contributed by atoms with Crippen LogP contribution < -0.4 is 9.47 Å². The topological polar surface area (TPSA) is 55.8 Å². The average molecular weight is 510 g/mol. The first-order valence-electron chi connectivity index (χ1n) is 11.4. The number of halogens is 4. The van der Waals surface area contributed by atoms with E-state index in [9.17, 15) is 27.5 Å². The van der Waals surface area contributed by atoms with E-state index in [4.69, 9.17) is 9.47 Å². The van der Waals surface area contributed by atoms with Crippen LogP contribution in [0.25, 0.3) is 22.3 Å². The van der Waals surface area contributed by atoms with Crippen molar-refractivity contribution in [2.24, 2.45) is 0 Å². The number of hydrogen-bond acceptors (Lipinski definition) is 4. The maximum Gasteiger partial charge on any atom is 0.346 e. The van der Waals surface area contributed by atoms with E-state index >= 15 is 0 Å². The molecule has 8 heteroatoms. The molecule has 1 N–H and O–H groups in total. The lowest BCUT2D eigenvalue weighted by Gasteiger charge is -2.11. The molecule has 4 nitrogen and oxygen atoms in total. The van der Waals surface area contributed by atoms with Crippen LogP contribution in [0.1, 0.15) is 35.9 Å². The Bertz CT molecular complexity index is 1430. The summed E-state index contributed by atoms with van der Waals surface area (Å²) in [6, 6.07) is 17.0. The summed E-state index contributed by atoms with van der Waals surface area (Å²) in [5.74, 6) is -6.25. The lowest BCUT2D eigenvalue weighted by Crippen LogP contribution is -2.12. The van der Waals surface area contributed by atoms with E-state index in [0.717, 1.165) is 12.1 Å². The second-order valence-electron chi connectivity index (χ2n) is 8.17. The number of esters is 1. The minimum Gasteiger partial charge on any atom is -0.491 e. The van der Waals surface area contributed by atoms with Gasteiger partial charge in [-0.1, -0.05) is 48.5 Å². The van der Waals surface area contributed by atoms with Crippen molar-refractivity contribution in [1.29, 1.82) is 0 Å². The zero-order valence-electron chi connectivity index (χ0n) is 19.9. The van der Waals surface area contributed by atoms with Crippen LogP contribution in [0.4, 0.5) is 17.6 Å². The number of rotatable bonds is 7. The van der Waals surface area contributed by atoms with E-state index in [0.29, 0.717) is 16.7 Å². The van der Waals surface area contributed by atoms with Gasteiger partial charge in [0, 0.05) is 11.1 Å². The molecular weight excluding hydrogens is 488 g/mol. The Hall–Kier alpha value is -4.17. The Morgan fingerprint density at radius 3 is 1.81 bits per heavy atom. The van der Waals surface area contributed by atoms with Crippen LogP contribution in [-0.4, -0.2) is 17.7 Å². The summed E-state index contributed by atoms with van der Waals surface area (Å²) in [7, 11) is 0. The summed E-state index contributed by atoms with van der Waals surface area (Å²) in [4.78, 5) is 12.3. The normalized spacial score (nSPS) is 11.8. The number of benzene rings is 4. The van der Waals surface area contributed by atoms with Gasteiger partial charge in [0.05, 0.1) is 18.3 Å². The molecule has 37 heavy (non-hydrogen) atoms. The third-order valence-corrected chi connectivity index (χ3v) is 5.73. The highest BCUT2D eigenvalue weighted by Gasteiger charge is 2.21. The number of ether oxygens (including phenoxy) is 2. The quantitative estimate of drug-likeness (QED) is 0.162. The van der Waals surface area contributed by atoms with E-state index in [-0.39, 0.29) is 29.2 Å². The van der Waals surface area contributed by atoms with E-state index in [1.807, 2.05) is 0 Å². The Kier molecular flexibility index (Phi) is 7.59. The van der Waals surface area contributed by atoms with Gasteiger partial charge in [0.1, 0.15) is 5.75 Å². The molecule has 0 aliphatic carbocycles. The maximum atomic E-state index is 15.0. The number of aliphatic hydroxyl groups is 1. The SMILES string of the molecule is CCOc1ccc(C(=O)Oc2ccc(-c3ccc(-c4ccc(C(C)O)cc4)c(F)c3F)cc2)c(F)c1F. The van der Waals surface area contributed by atoms with Gasteiger partial charge in [0.15, 0.2) is 23.2 Å². The molecule has 1 atom stereocenters. The summed E-state index contributed by atoms with van der Waals surface area (Å²) in [5.41, 5.74) is 0.846. The Morgan fingerprint density at radius 1 is 0.757 bits per heavy atom. The molecule has 0 saturated carbocycles. The summed E-state index contributed by atoms with van der Waals surface area (Å²) >= 11 is 0. The molecule has 0 fully saturated rings. The van der Waals surface area contributed by atoms with E-state index in [1.165, 1.54) is 36.4 Å². The standard InChI is InChI=1S/C29H22F4O4/c1-3-36-24-15-14-23(27(32)28(24)33)29(35)37-20-10-8-19(9-11-20)22-13-12-21(25(30)26(22)31)18-6-4-17(5-7-18)16(2)34/h4-16,34H,3H2,1-2H3. The fourth-order valence-corrected chi connectivity index (χ4v) is 3.76. The molecule has 0 saturated heterocycles. The second kappa shape index (κ2) is 10.8. The van der Waals surface area contributed by atoms with Crippen LogP contribution in [0.5, 0.6) is 11.5 Å². The highest BCUT2D eigenvalue weighted by molar-refractivity contribution is 5.91. The van der Waals surface area contributed by atoms with Crippen molar-refractivity contribution in [3.63, 3.8) is 0 Å². The molecular formula is C29H22F4O4. The van der Waals surface area contributed by atoms with Gasteiger partial charge in [-0.2, -0.15) is 4.39 Å². The van der Waals surface area contributed by atoms with Crippen molar-refractivity contribution in [1.82, 2.24) is 0 Å². The van der Waals surface area contributed by atoms with Gasteiger partial charge < -0.3 is 14.6 Å². The predicted octanol–water partition coefficient (Wildman–Crippen LogP) is 7.25. The van der Waals surface area contributed by atoms with Crippen LogP contribution >= 0.6 is 0 Å². The summed E-state index contributed by atoms with van der Waals surface area (Å²) in [6.45, 7) is 3.33. The molecule has 0 amide bonds. The number of hydrogen-bond donors (Lipinski definition) is 1. The number of carbonyl (C=O) groups is 1. The third kappa shape index (κ3) is 5.34. The smallest absolute Gasteiger partial charge is 0.346 e. The van der Waals surface area contributed by atoms with Crippen molar-refractivity contribution >= 4 is 5.97 Å². The molecule has 0 heterocycles. The van der Waals surface area contributed by atoms with E-state index in [2.05, 4.69) is 0 Å². The Labute approximate surface area is 210 Å².